The van der Waals surface area contributed by atoms with Crippen molar-refractivity contribution >= 4 is 31.4 Å². The molecule has 3 aromatic rings. The minimum atomic E-state index is -1.42. The summed E-state index contributed by atoms with van der Waals surface area (Å²) in [4.78, 5) is 29.9. The van der Waals surface area contributed by atoms with Gasteiger partial charge >= 0.3 is 5.97 Å². The molecule has 0 fully saturated rings. The second-order valence-corrected chi connectivity index (χ2v) is 8.72. The van der Waals surface area contributed by atoms with Gasteiger partial charge in [0.05, 0.1) is 29.0 Å². The number of aryl methyl sites for hydroxylation is 2. The van der Waals surface area contributed by atoms with Gasteiger partial charge in [-0.05, 0) is 60.3 Å². The maximum absolute atomic E-state index is 13.1. The van der Waals surface area contributed by atoms with Crippen LogP contribution in [0, 0.1) is 6.92 Å². The lowest BCUT2D eigenvalue weighted by atomic mass is 9.85. The molecule has 0 radical (unpaired) electrons. The second-order valence-electron chi connectivity index (χ2n) is 8.10. The first-order valence-corrected chi connectivity index (χ1v) is 10.4. The van der Waals surface area contributed by atoms with Gasteiger partial charge in [0.25, 0.3) is 5.56 Å². The van der Waals surface area contributed by atoms with Gasteiger partial charge in [-0.25, -0.2) is 9.78 Å². The van der Waals surface area contributed by atoms with Crippen LogP contribution < -0.4 is 10.9 Å². The quantitative estimate of drug-likeness (QED) is 0.356. The van der Waals surface area contributed by atoms with Crippen LogP contribution in [0.1, 0.15) is 45.9 Å². The number of cyclic esters (lactones) is 1. The Balaban J connectivity index is 1.68. The van der Waals surface area contributed by atoms with Crippen molar-refractivity contribution < 1.29 is 14.6 Å². The van der Waals surface area contributed by atoms with Gasteiger partial charge in [0.2, 0.25) is 0 Å². The summed E-state index contributed by atoms with van der Waals surface area (Å²) < 4.78 is 6.68. The van der Waals surface area contributed by atoms with E-state index >= 15 is 0 Å². The number of aliphatic hydroxyl groups excluding tert-OH is 1. The fraction of sp³-hybridized carbons (Fsp3) is 0.318. The van der Waals surface area contributed by atoms with Crippen molar-refractivity contribution in [1.29, 1.82) is 0 Å². The number of ether oxygens (including phenoxy) is 1. The van der Waals surface area contributed by atoms with E-state index in [2.05, 4.69) is 22.2 Å². The summed E-state index contributed by atoms with van der Waals surface area (Å²) >= 11 is 0. The summed E-state index contributed by atoms with van der Waals surface area (Å²) in [6.45, 7) is 2.54. The lowest BCUT2D eigenvalue weighted by Gasteiger charge is -2.22. The molecule has 146 valence electrons. The van der Waals surface area contributed by atoms with Gasteiger partial charge in [0.15, 0.2) is 6.10 Å². The lowest BCUT2D eigenvalue weighted by molar-refractivity contribution is -0.157. The standard InChI is InChI=1S/C22H19N2O4P/c1-9-10-3-2-4-11-13-7-24-16(19(13)23-15(18(10)11)6-17(9)29)5-12-14(21(24)26)8-28-22(27)20(12)25/h5-6,20,25H,2-4,7-8,29H2,1H3. The molecule has 4 heterocycles. The molecule has 6 rings (SSSR count). The number of carbonyl (C=O) groups is 1. The first-order chi connectivity index (χ1) is 14.0. The number of carbonyl (C=O) groups excluding carboxylic acids is 1. The van der Waals surface area contributed by atoms with Gasteiger partial charge < -0.3 is 14.4 Å². The highest BCUT2D eigenvalue weighted by Gasteiger charge is 2.35. The minimum absolute atomic E-state index is 0.0945. The van der Waals surface area contributed by atoms with Crippen molar-refractivity contribution in [3.63, 3.8) is 0 Å². The van der Waals surface area contributed by atoms with Crippen LogP contribution in [0.2, 0.25) is 0 Å². The molecule has 2 atom stereocenters. The van der Waals surface area contributed by atoms with Crippen LogP contribution in [-0.4, -0.2) is 20.6 Å². The molecule has 0 saturated carbocycles. The molecule has 2 unspecified atom stereocenters. The van der Waals surface area contributed by atoms with Crippen molar-refractivity contribution in [3.8, 4) is 11.4 Å². The number of aromatic nitrogens is 2. The third-order valence-electron chi connectivity index (χ3n) is 6.64. The molecule has 3 aliphatic rings. The Morgan fingerprint density at radius 2 is 1.97 bits per heavy atom. The highest BCUT2D eigenvalue weighted by atomic mass is 31.0. The van der Waals surface area contributed by atoms with Crippen LogP contribution >= 0.6 is 9.24 Å². The summed E-state index contributed by atoms with van der Waals surface area (Å²) in [6, 6.07) is 3.85. The smallest absolute Gasteiger partial charge is 0.340 e. The average molecular weight is 406 g/mol. The zero-order valence-electron chi connectivity index (χ0n) is 15.9. The number of fused-ring (bicyclic) bond motifs is 5. The molecule has 2 aliphatic heterocycles. The molecule has 29 heavy (non-hydrogen) atoms. The van der Waals surface area contributed by atoms with Crippen molar-refractivity contribution in [2.24, 2.45) is 0 Å². The Labute approximate surface area is 168 Å². The molecule has 2 aromatic heterocycles. The van der Waals surface area contributed by atoms with Crippen LogP contribution in [0.15, 0.2) is 16.9 Å². The molecule has 6 nitrogen and oxygen atoms in total. The van der Waals surface area contributed by atoms with E-state index in [0.29, 0.717) is 23.4 Å². The predicted molar refractivity (Wildman–Crippen MR) is 111 cm³/mol. The number of hydrogen-bond acceptors (Lipinski definition) is 5. The second kappa shape index (κ2) is 5.74. The number of esters is 1. The van der Waals surface area contributed by atoms with E-state index in [9.17, 15) is 14.7 Å². The van der Waals surface area contributed by atoms with Gasteiger partial charge in [0, 0.05) is 16.5 Å². The summed E-state index contributed by atoms with van der Waals surface area (Å²) in [6.07, 6.45) is 1.67. The van der Waals surface area contributed by atoms with Crippen LogP contribution in [0.4, 0.5) is 0 Å². The molecular formula is C22H19N2O4P. The number of benzene rings is 1. The van der Waals surface area contributed by atoms with E-state index in [1.807, 2.05) is 0 Å². The Bertz CT molecular complexity index is 1340. The van der Waals surface area contributed by atoms with Crippen LogP contribution in [0.25, 0.3) is 22.3 Å². The van der Waals surface area contributed by atoms with Gasteiger partial charge in [0.1, 0.15) is 6.61 Å². The Morgan fingerprint density at radius 3 is 2.79 bits per heavy atom. The molecule has 1 N–H and O–H groups in total. The maximum Gasteiger partial charge on any atom is 0.340 e. The van der Waals surface area contributed by atoms with Gasteiger partial charge in [-0.3, -0.25) is 4.79 Å². The lowest BCUT2D eigenvalue weighted by Crippen LogP contribution is -2.32. The SMILES string of the molecule is Cc1c(P)cc2nc3c(c4c2c1CCC4)Cn1c-3cc2c(c1=O)COC(=O)C2O. The van der Waals surface area contributed by atoms with E-state index in [-0.39, 0.29) is 12.2 Å². The molecule has 0 saturated heterocycles. The van der Waals surface area contributed by atoms with Crippen molar-refractivity contribution in [2.75, 3.05) is 0 Å². The largest absolute Gasteiger partial charge is 0.458 e. The van der Waals surface area contributed by atoms with E-state index < -0.39 is 12.1 Å². The van der Waals surface area contributed by atoms with E-state index in [1.54, 1.807) is 10.6 Å². The molecule has 7 heteroatoms. The molecule has 1 aromatic carbocycles. The molecule has 0 bridgehead atoms. The topological polar surface area (TPSA) is 81.4 Å². The zero-order chi connectivity index (χ0) is 20.0. The van der Waals surface area contributed by atoms with Crippen molar-refractivity contribution in [2.45, 2.75) is 45.4 Å². The van der Waals surface area contributed by atoms with Crippen LogP contribution in [0.3, 0.4) is 0 Å². The number of rotatable bonds is 0. The molecule has 0 amide bonds. The third kappa shape index (κ3) is 2.16. The number of pyridine rings is 2. The monoisotopic (exact) mass is 406 g/mol. The van der Waals surface area contributed by atoms with E-state index in [4.69, 9.17) is 9.72 Å². The predicted octanol–water partition coefficient (Wildman–Crippen LogP) is 1.81. The first kappa shape index (κ1) is 17.3. The van der Waals surface area contributed by atoms with Crippen LogP contribution in [-0.2, 0) is 35.5 Å². The highest BCUT2D eigenvalue weighted by Crippen LogP contribution is 2.41. The average Bonchev–Trinajstić information content (AvgIpc) is 3.08. The maximum atomic E-state index is 13.1. The van der Waals surface area contributed by atoms with Gasteiger partial charge in [-0.15, -0.1) is 9.24 Å². The van der Waals surface area contributed by atoms with Gasteiger partial charge in [-0.1, -0.05) is 0 Å². The first-order valence-electron chi connectivity index (χ1n) is 9.80. The summed E-state index contributed by atoms with van der Waals surface area (Å²) in [5, 5.41) is 12.7. The fourth-order valence-corrected chi connectivity index (χ4v) is 5.45. The normalized spacial score (nSPS) is 19.0. The summed E-state index contributed by atoms with van der Waals surface area (Å²) in [5.41, 5.74) is 7.94. The van der Waals surface area contributed by atoms with Crippen molar-refractivity contribution in [1.82, 2.24) is 9.55 Å². The Morgan fingerprint density at radius 1 is 1.17 bits per heavy atom. The number of aliphatic hydroxyl groups is 1. The Hall–Kier alpha value is -2.56. The summed E-state index contributed by atoms with van der Waals surface area (Å²) in [5.74, 6) is -0.714. The van der Waals surface area contributed by atoms with Crippen LogP contribution in [0.5, 0.6) is 0 Å². The Kier molecular flexibility index (Phi) is 3.43. The molecule has 1 aliphatic carbocycles. The fourth-order valence-electron chi connectivity index (χ4n) is 5.12. The minimum Gasteiger partial charge on any atom is -0.458 e. The number of nitrogens with zero attached hydrogens (tertiary/aromatic N) is 2. The number of hydrogen-bond donors (Lipinski definition) is 1. The molecule has 0 spiro atoms. The third-order valence-corrected chi connectivity index (χ3v) is 7.24. The van der Waals surface area contributed by atoms with E-state index in [1.165, 1.54) is 22.1 Å². The highest BCUT2D eigenvalue weighted by molar-refractivity contribution is 7.27. The van der Waals surface area contributed by atoms with Crippen molar-refractivity contribution in [3.05, 3.63) is 55.9 Å². The zero-order valence-corrected chi connectivity index (χ0v) is 17.1. The van der Waals surface area contributed by atoms with E-state index in [0.717, 1.165) is 41.3 Å². The molecular weight excluding hydrogens is 387 g/mol. The summed E-state index contributed by atoms with van der Waals surface area (Å²) in [7, 11) is 2.80. The van der Waals surface area contributed by atoms with Gasteiger partial charge in [-0.2, -0.15) is 0 Å².